The van der Waals surface area contributed by atoms with Crippen LogP contribution in [-0.4, -0.2) is 0 Å². The van der Waals surface area contributed by atoms with Gasteiger partial charge in [-0.05, 0) is 48.1 Å². The SMILES string of the molecule is Cc1cccc2c1N[C@H](c1cccc(Br)c1)[C@@H]1CC=C[C@H]21. The number of nitrogens with one attached hydrogen (secondary N) is 1. The summed E-state index contributed by atoms with van der Waals surface area (Å²) >= 11 is 3.60. The van der Waals surface area contributed by atoms with Gasteiger partial charge in [-0.15, -0.1) is 0 Å². The summed E-state index contributed by atoms with van der Waals surface area (Å²) in [6.07, 6.45) is 5.90. The summed E-state index contributed by atoms with van der Waals surface area (Å²) in [5.74, 6) is 1.17. The Hall–Kier alpha value is -1.54. The van der Waals surface area contributed by atoms with Gasteiger partial charge in [-0.25, -0.2) is 0 Å². The summed E-state index contributed by atoms with van der Waals surface area (Å²) in [6, 6.07) is 15.7. The highest BCUT2D eigenvalue weighted by molar-refractivity contribution is 9.10. The standard InChI is InChI=1S/C19H18BrN/c1-12-5-2-9-16-15-8-4-10-17(15)19(21-18(12)16)13-6-3-7-14(20)11-13/h2-9,11,15,17,19,21H,10H2,1H3/t15-,17-,19-/m1/s1. The zero-order chi connectivity index (χ0) is 14.4. The lowest BCUT2D eigenvalue weighted by molar-refractivity contribution is 0.425. The molecule has 0 spiro atoms. The summed E-state index contributed by atoms with van der Waals surface area (Å²) in [6.45, 7) is 2.20. The molecule has 0 bridgehead atoms. The number of para-hydroxylation sites is 1. The molecule has 2 aromatic rings. The minimum atomic E-state index is 0.385. The number of fused-ring (bicyclic) bond motifs is 3. The van der Waals surface area contributed by atoms with Gasteiger partial charge in [0.1, 0.15) is 0 Å². The Morgan fingerprint density at radius 1 is 1.14 bits per heavy atom. The first kappa shape index (κ1) is 13.1. The van der Waals surface area contributed by atoms with Crippen LogP contribution in [0, 0.1) is 12.8 Å². The van der Waals surface area contributed by atoms with Crippen LogP contribution in [0.5, 0.6) is 0 Å². The van der Waals surface area contributed by atoms with Crippen molar-refractivity contribution >= 4 is 21.6 Å². The van der Waals surface area contributed by atoms with Gasteiger partial charge in [0.05, 0.1) is 6.04 Å². The molecular formula is C19H18BrN. The van der Waals surface area contributed by atoms with Crippen LogP contribution in [0.4, 0.5) is 5.69 Å². The second-order valence-electron chi connectivity index (χ2n) is 6.07. The molecule has 1 aliphatic carbocycles. The van der Waals surface area contributed by atoms with Crippen molar-refractivity contribution in [1.29, 1.82) is 0 Å². The van der Waals surface area contributed by atoms with Crippen LogP contribution in [0.3, 0.4) is 0 Å². The summed E-state index contributed by atoms with van der Waals surface area (Å²) in [5.41, 5.74) is 5.50. The van der Waals surface area contributed by atoms with E-state index in [9.17, 15) is 0 Å². The monoisotopic (exact) mass is 339 g/mol. The van der Waals surface area contributed by atoms with E-state index < -0.39 is 0 Å². The number of rotatable bonds is 1. The van der Waals surface area contributed by atoms with Gasteiger partial charge in [0, 0.05) is 16.1 Å². The number of hydrogen-bond donors (Lipinski definition) is 1. The van der Waals surface area contributed by atoms with Gasteiger partial charge in [-0.1, -0.05) is 58.4 Å². The van der Waals surface area contributed by atoms with E-state index in [4.69, 9.17) is 0 Å². The van der Waals surface area contributed by atoms with Crippen molar-refractivity contribution in [1.82, 2.24) is 0 Å². The molecule has 2 aliphatic rings. The van der Waals surface area contributed by atoms with Crippen LogP contribution < -0.4 is 5.32 Å². The average molecular weight is 340 g/mol. The molecule has 2 heteroatoms. The molecule has 0 fully saturated rings. The van der Waals surface area contributed by atoms with Gasteiger partial charge >= 0.3 is 0 Å². The molecule has 0 saturated carbocycles. The second-order valence-corrected chi connectivity index (χ2v) is 6.99. The van der Waals surface area contributed by atoms with Crippen LogP contribution in [-0.2, 0) is 0 Å². The number of hydrogen-bond acceptors (Lipinski definition) is 1. The third-order valence-electron chi connectivity index (χ3n) is 4.81. The molecule has 0 amide bonds. The second kappa shape index (κ2) is 5.03. The van der Waals surface area contributed by atoms with Crippen LogP contribution >= 0.6 is 15.9 Å². The normalized spacial score (nSPS) is 26.1. The predicted molar refractivity (Wildman–Crippen MR) is 91.7 cm³/mol. The summed E-state index contributed by atoms with van der Waals surface area (Å²) in [4.78, 5) is 0. The predicted octanol–water partition coefficient (Wildman–Crippen LogP) is 5.58. The molecular weight excluding hydrogens is 322 g/mol. The van der Waals surface area contributed by atoms with Crippen LogP contribution in [0.25, 0.3) is 0 Å². The van der Waals surface area contributed by atoms with E-state index in [1.807, 2.05) is 0 Å². The van der Waals surface area contributed by atoms with Gasteiger partial charge < -0.3 is 5.32 Å². The molecule has 0 aromatic heterocycles. The molecule has 106 valence electrons. The number of aryl methyl sites for hydroxylation is 1. The fourth-order valence-corrected chi connectivity index (χ4v) is 4.22. The van der Waals surface area contributed by atoms with Crippen molar-refractivity contribution in [3.8, 4) is 0 Å². The third-order valence-corrected chi connectivity index (χ3v) is 5.31. The van der Waals surface area contributed by atoms with E-state index in [0.717, 1.165) is 10.9 Å². The molecule has 4 rings (SSSR count). The maximum absolute atomic E-state index is 3.82. The van der Waals surface area contributed by atoms with E-state index in [1.54, 1.807) is 0 Å². The molecule has 1 N–H and O–H groups in total. The number of anilines is 1. The molecule has 0 unspecified atom stereocenters. The van der Waals surface area contributed by atoms with Gasteiger partial charge in [0.25, 0.3) is 0 Å². The third kappa shape index (κ3) is 2.13. The van der Waals surface area contributed by atoms with Gasteiger partial charge in [0.15, 0.2) is 0 Å². The fraction of sp³-hybridized carbons (Fsp3) is 0.263. The Morgan fingerprint density at radius 2 is 2.00 bits per heavy atom. The van der Waals surface area contributed by atoms with E-state index in [0.29, 0.717) is 17.9 Å². The quantitative estimate of drug-likeness (QED) is 0.668. The van der Waals surface area contributed by atoms with Crippen LogP contribution in [0.15, 0.2) is 59.1 Å². The summed E-state index contributed by atoms with van der Waals surface area (Å²) in [7, 11) is 0. The molecule has 0 saturated heterocycles. The minimum absolute atomic E-state index is 0.385. The Morgan fingerprint density at radius 3 is 2.86 bits per heavy atom. The highest BCUT2D eigenvalue weighted by Crippen LogP contribution is 2.50. The Balaban J connectivity index is 1.83. The molecule has 1 aliphatic heterocycles. The Labute approximate surface area is 134 Å². The van der Waals surface area contributed by atoms with E-state index >= 15 is 0 Å². The smallest absolute Gasteiger partial charge is 0.0554 e. The molecule has 1 heterocycles. The van der Waals surface area contributed by atoms with Crippen molar-refractivity contribution in [3.05, 3.63) is 75.8 Å². The minimum Gasteiger partial charge on any atom is -0.377 e. The molecule has 21 heavy (non-hydrogen) atoms. The molecule has 0 radical (unpaired) electrons. The van der Waals surface area contributed by atoms with Gasteiger partial charge in [0.2, 0.25) is 0 Å². The molecule has 1 nitrogen and oxygen atoms in total. The zero-order valence-corrected chi connectivity index (χ0v) is 13.6. The first-order valence-electron chi connectivity index (χ1n) is 7.52. The average Bonchev–Trinajstić information content (AvgIpc) is 2.96. The maximum Gasteiger partial charge on any atom is 0.0554 e. The summed E-state index contributed by atoms with van der Waals surface area (Å²) in [5, 5.41) is 3.82. The largest absolute Gasteiger partial charge is 0.377 e. The van der Waals surface area contributed by atoms with Crippen molar-refractivity contribution in [2.24, 2.45) is 5.92 Å². The fourth-order valence-electron chi connectivity index (χ4n) is 3.81. The molecule has 3 atom stereocenters. The van der Waals surface area contributed by atoms with Crippen molar-refractivity contribution in [2.75, 3.05) is 5.32 Å². The van der Waals surface area contributed by atoms with E-state index in [1.165, 1.54) is 22.4 Å². The van der Waals surface area contributed by atoms with E-state index in [2.05, 4.69) is 82.8 Å². The van der Waals surface area contributed by atoms with Gasteiger partial charge in [-0.2, -0.15) is 0 Å². The Kier molecular flexibility index (Phi) is 3.15. The molecule has 2 aromatic carbocycles. The van der Waals surface area contributed by atoms with Crippen LogP contribution in [0.1, 0.15) is 35.1 Å². The topological polar surface area (TPSA) is 12.0 Å². The maximum atomic E-state index is 3.82. The highest BCUT2D eigenvalue weighted by Gasteiger charge is 2.38. The van der Waals surface area contributed by atoms with E-state index in [-0.39, 0.29) is 0 Å². The van der Waals surface area contributed by atoms with Crippen molar-refractivity contribution in [3.63, 3.8) is 0 Å². The lowest BCUT2D eigenvalue weighted by Gasteiger charge is -2.38. The lowest BCUT2D eigenvalue weighted by atomic mass is 9.76. The first-order valence-corrected chi connectivity index (χ1v) is 8.31. The van der Waals surface area contributed by atoms with Gasteiger partial charge in [-0.3, -0.25) is 0 Å². The lowest BCUT2D eigenvalue weighted by Crippen LogP contribution is -2.29. The number of halogens is 1. The number of allylic oxidation sites excluding steroid dienone is 2. The summed E-state index contributed by atoms with van der Waals surface area (Å²) < 4.78 is 1.15. The number of benzene rings is 2. The highest BCUT2D eigenvalue weighted by atomic mass is 79.9. The van der Waals surface area contributed by atoms with Crippen molar-refractivity contribution < 1.29 is 0 Å². The first-order chi connectivity index (χ1) is 10.2. The van der Waals surface area contributed by atoms with Crippen molar-refractivity contribution in [2.45, 2.75) is 25.3 Å². The Bertz CT molecular complexity index is 719. The zero-order valence-electron chi connectivity index (χ0n) is 12.0. The van der Waals surface area contributed by atoms with Crippen LogP contribution in [0.2, 0.25) is 0 Å².